The quantitative estimate of drug-likeness (QED) is 0.925. The molecule has 3 nitrogen and oxygen atoms in total. The molecule has 1 heterocycles. The van der Waals surface area contributed by atoms with Gasteiger partial charge in [0, 0.05) is 23.3 Å². The van der Waals surface area contributed by atoms with Crippen LogP contribution in [0.1, 0.15) is 30.6 Å². The lowest BCUT2D eigenvalue weighted by atomic mass is 10.0. The van der Waals surface area contributed by atoms with Gasteiger partial charge in [-0.05, 0) is 24.6 Å². The Balaban J connectivity index is 2.41. The van der Waals surface area contributed by atoms with E-state index in [0.717, 1.165) is 18.7 Å². The number of aromatic nitrogens is 2. The molecular weight excluding hydrogens is 253 g/mol. The molecule has 5 heteroatoms. The van der Waals surface area contributed by atoms with E-state index in [1.165, 1.54) is 6.07 Å². The Morgan fingerprint density at radius 2 is 2.22 bits per heavy atom. The van der Waals surface area contributed by atoms with Crippen molar-refractivity contribution in [2.75, 3.05) is 0 Å². The van der Waals surface area contributed by atoms with E-state index in [2.05, 4.69) is 5.10 Å². The van der Waals surface area contributed by atoms with E-state index >= 15 is 0 Å². The second-order valence-electron chi connectivity index (χ2n) is 4.09. The van der Waals surface area contributed by atoms with Crippen molar-refractivity contribution in [2.45, 2.75) is 25.9 Å². The smallest absolute Gasteiger partial charge is 0.129 e. The minimum atomic E-state index is -0.604. The number of aryl methyl sites for hydroxylation is 1. The lowest BCUT2D eigenvalue weighted by molar-refractivity contribution is 0.545. The SMILES string of the molecule is CCCn1nccc1C(N)c1c(F)cccc1Cl. The summed E-state index contributed by atoms with van der Waals surface area (Å²) in [4.78, 5) is 0. The lowest BCUT2D eigenvalue weighted by Gasteiger charge is -2.16. The molecule has 2 N–H and O–H groups in total. The van der Waals surface area contributed by atoms with Gasteiger partial charge < -0.3 is 5.73 Å². The van der Waals surface area contributed by atoms with Crippen LogP contribution in [0.4, 0.5) is 4.39 Å². The Morgan fingerprint density at radius 1 is 1.44 bits per heavy atom. The van der Waals surface area contributed by atoms with Crippen molar-refractivity contribution in [3.63, 3.8) is 0 Å². The van der Waals surface area contributed by atoms with Crippen LogP contribution in [-0.2, 0) is 6.54 Å². The van der Waals surface area contributed by atoms with Crippen molar-refractivity contribution in [3.8, 4) is 0 Å². The fraction of sp³-hybridized carbons (Fsp3) is 0.308. The van der Waals surface area contributed by atoms with Gasteiger partial charge in [0.1, 0.15) is 5.82 Å². The molecule has 0 spiro atoms. The van der Waals surface area contributed by atoms with Crippen LogP contribution in [0.5, 0.6) is 0 Å². The largest absolute Gasteiger partial charge is 0.319 e. The van der Waals surface area contributed by atoms with Gasteiger partial charge in [0.25, 0.3) is 0 Å². The Bertz CT molecular complexity index is 519. The molecule has 1 atom stereocenters. The summed E-state index contributed by atoms with van der Waals surface area (Å²) in [7, 11) is 0. The van der Waals surface area contributed by atoms with Crippen LogP contribution < -0.4 is 5.73 Å². The van der Waals surface area contributed by atoms with Crippen molar-refractivity contribution >= 4 is 11.6 Å². The molecule has 1 aromatic heterocycles. The summed E-state index contributed by atoms with van der Waals surface area (Å²) in [5.41, 5.74) is 7.19. The number of nitrogens with two attached hydrogens (primary N) is 1. The summed E-state index contributed by atoms with van der Waals surface area (Å²) in [5.74, 6) is -0.390. The van der Waals surface area contributed by atoms with E-state index in [0.29, 0.717) is 10.6 Å². The number of nitrogens with zero attached hydrogens (tertiary/aromatic N) is 2. The summed E-state index contributed by atoms with van der Waals surface area (Å²) < 4.78 is 15.6. The highest BCUT2D eigenvalue weighted by molar-refractivity contribution is 6.31. The summed E-state index contributed by atoms with van der Waals surface area (Å²) in [6.07, 6.45) is 2.60. The minimum Gasteiger partial charge on any atom is -0.319 e. The highest BCUT2D eigenvalue weighted by Crippen LogP contribution is 2.28. The molecule has 0 radical (unpaired) electrons. The van der Waals surface area contributed by atoms with Gasteiger partial charge in [-0.2, -0.15) is 5.10 Å². The van der Waals surface area contributed by atoms with Crippen LogP contribution in [0.15, 0.2) is 30.5 Å². The summed E-state index contributed by atoms with van der Waals surface area (Å²) in [6.45, 7) is 2.80. The van der Waals surface area contributed by atoms with Crippen LogP contribution in [0, 0.1) is 5.82 Å². The molecule has 2 rings (SSSR count). The molecule has 0 aliphatic rings. The van der Waals surface area contributed by atoms with Crippen LogP contribution in [0.3, 0.4) is 0 Å². The predicted octanol–water partition coefficient (Wildman–Crippen LogP) is 3.13. The Morgan fingerprint density at radius 3 is 2.89 bits per heavy atom. The summed E-state index contributed by atoms with van der Waals surface area (Å²) >= 11 is 6.02. The number of benzene rings is 1. The van der Waals surface area contributed by atoms with E-state index in [1.54, 1.807) is 29.1 Å². The molecule has 0 saturated heterocycles. The molecule has 0 bridgehead atoms. The first-order valence-electron chi connectivity index (χ1n) is 5.86. The standard InChI is InChI=1S/C13H15ClFN3/c1-2-8-18-11(6-7-17-18)13(16)12-9(14)4-3-5-10(12)15/h3-7,13H,2,8,16H2,1H3. The Hall–Kier alpha value is -1.39. The molecule has 0 saturated carbocycles. The second kappa shape index (κ2) is 5.50. The van der Waals surface area contributed by atoms with E-state index in [9.17, 15) is 4.39 Å². The maximum Gasteiger partial charge on any atom is 0.129 e. The normalized spacial score (nSPS) is 12.7. The topological polar surface area (TPSA) is 43.8 Å². The zero-order valence-corrected chi connectivity index (χ0v) is 10.9. The van der Waals surface area contributed by atoms with Gasteiger partial charge >= 0.3 is 0 Å². The first-order valence-corrected chi connectivity index (χ1v) is 6.24. The van der Waals surface area contributed by atoms with Crippen molar-refractivity contribution < 1.29 is 4.39 Å². The van der Waals surface area contributed by atoms with E-state index < -0.39 is 6.04 Å². The van der Waals surface area contributed by atoms with Gasteiger partial charge in [-0.15, -0.1) is 0 Å². The monoisotopic (exact) mass is 267 g/mol. The Kier molecular flexibility index (Phi) is 3.99. The first kappa shape index (κ1) is 13.1. The van der Waals surface area contributed by atoms with Gasteiger partial charge in [-0.1, -0.05) is 24.6 Å². The van der Waals surface area contributed by atoms with Crippen LogP contribution in [-0.4, -0.2) is 9.78 Å². The maximum absolute atomic E-state index is 13.8. The van der Waals surface area contributed by atoms with Crippen molar-refractivity contribution in [2.24, 2.45) is 5.73 Å². The van der Waals surface area contributed by atoms with Crippen LogP contribution >= 0.6 is 11.6 Å². The number of hydrogen-bond acceptors (Lipinski definition) is 2. The lowest BCUT2D eigenvalue weighted by Crippen LogP contribution is -2.19. The number of halogens is 2. The summed E-state index contributed by atoms with van der Waals surface area (Å²) in [6, 6.07) is 5.76. The van der Waals surface area contributed by atoms with Gasteiger partial charge in [0.15, 0.2) is 0 Å². The molecule has 2 aromatic rings. The molecule has 0 aliphatic heterocycles. The average molecular weight is 268 g/mol. The Labute approximate surface area is 110 Å². The maximum atomic E-state index is 13.8. The fourth-order valence-electron chi connectivity index (χ4n) is 1.96. The number of hydrogen-bond donors (Lipinski definition) is 1. The predicted molar refractivity (Wildman–Crippen MR) is 70.0 cm³/mol. The third kappa shape index (κ3) is 2.40. The van der Waals surface area contributed by atoms with E-state index in [-0.39, 0.29) is 5.82 Å². The zero-order valence-electron chi connectivity index (χ0n) is 10.1. The van der Waals surface area contributed by atoms with Crippen molar-refractivity contribution in [3.05, 3.63) is 52.6 Å². The molecule has 0 aliphatic carbocycles. The van der Waals surface area contributed by atoms with E-state index in [1.807, 2.05) is 6.92 Å². The third-order valence-corrected chi connectivity index (χ3v) is 3.14. The first-order chi connectivity index (χ1) is 8.65. The molecule has 0 amide bonds. The summed E-state index contributed by atoms with van der Waals surface area (Å²) in [5, 5.41) is 4.52. The zero-order chi connectivity index (χ0) is 13.1. The fourth-order valence-corrected chi connectivity index (χ4v) is 2.24. The molecule has 1 aromatic carbocycles. The number of rotatable bonds is 4. The van der Waals surface area contributed by atoms with Crippen molar-refractivity contribution in [1.82, 2.24) is 9.78 Å². The van der Waals surface area contributed by atoms with Crippen LogP contribution in [0.2, 0.25) is 5.02 Å². The van der Waals surface area contributed by atoms with Crippen molar-refractivity contribution in [1.29, 1.82) is 0 Å². The highest BCUT2D eigenvalue weighted by atomic mass is 35.5. The average Bonchev–Trinajstić information content (AvgIpc) is 2.77. The van der Waals surface area contributed by atoms with Gasteiger partial charge in [0.05, 0.1) is 11.7 Å². The van der Waals surface area contributed by atoms with Gasteiger partial charge in [-0.3, -0.25) is 4.68 Å². The minimum absolute atomic E-state index is 0.317. The molecule has 0 fully saturated rings. The van der Waals surface area contributed by atoms with Gasteiger partial charge in [0.2, 0.25) is 0 Å². The molecule has 96 valence electrons. The molecular formula is C13H15ClFN3. The highest BCUT2D eigenvalue weighted by Gasteiger charge is 2.20. The van der Waals surface area contributed by atoms with Gasteiger partial charge in [-0.25, -0.2) is 4.39 Å². The molecule has 18 heavy (non-hydrogen) atoms. The third-order valence-electron chi connectivity index (χ3n) is 2.81. The second-order valence-corrected chi connectivity index (χ2v) is 4.50. The van der Waals surface area contributed by atoms with E-state index in [4.69, 9.17) is 17.3 Å². The molecule has 1 unspecified atom stereocenters. The van der Waals surface area contributed by atoms with Crippen LogP contribution in [0.25, 0.3) is 0 Å².